The van der Waals surface area contributed by atoms with Crippen LogP contribution in [0.1, 0.15) is 74.8 Å². The molecule has 174 valence electrons. The summed E-state index contributed by atoms with van der Waals surface area (Å²) in [5.74, 6) is 2.17. The molecule has 3 aromatic rings. The minimum absolute atomic E-state index is 0.104. The Morgan fingerprint density at radius 2 is 1.67 bits per heavy atom. The van der Waals surface area contributed by atoms with Crippen LogP contribution in [0.15, 0.2) is 23.0 Å². The fraction of sp³-hybridized carbons (Fsp3) is 0.583. The Hall–Kier alpha value is -2.94. The lowest BCUT2D eigenvalue weighted by molar-refractivity contribution is 0.171. The van der Waals surface area contributed by atoms with Crippen LogP contribution in [-0.2, 0) is 0 Å². The van der Waals surface area contributed by atoms with E-state index in [2.05, 4.69) is 25.4 Å². The Bertz CT molecular complexity index is 1190. The molecule has 1 saturated heterocycles. The molecule has 2 fully saturated rings. The summed E-state index contributed by atoms with van der Waals surface area (Å²) in [5, 5.41) is 13.9. The standard InChI is InChI=1S/C24H30N6O3/c31-24-18(13-16-14-20-21(15-19(16)25-24)33-12-11-32-20)22(29-9-5-2-6-10-29)23-26-27-28-30(23)17-7-3-1-4-8-17/h13-15,17,22H,1-12H2,(H,25,31)/t22-/m0/s1. The molecule has 33 heavy (non-hydrogen) atoms. The van der Waals surface area contributed by atoms with Crippen LogP contribution in [-0.4, -0.2) is 56.4 Å². The number of aromatic amines is 1. The molecular weight excluding hydrogens is 420 g/mol. The number of nitrogens with one attached hydrogen (secondary N) is 1. The van der Waals surface area contributed by atoms with Crippen molar-refractivity contribution in [2.75, 3.05) is 26.3 Å². The number of H-pyrrole nitrogens is 1. The molecule has 0 spiro atoms. The number of piperidine rings is 1. The summed E-state index contributed by atoms with van der Waals surface area (Å²) in [6.07, 6.45) is 9.28. The quantitative estimate of drug-likeness (QED) is 0.651. The highest BCUT2D eigenvalue weighted by atomic mass is 16.6. The lowest BCUT2D eigenvalue weighted by atomic mass is 9.94. The van der Waals surface area contributed by atoms with Crippen molar-refractivity contribution in [2.45, 2.75) is 63.5 Å². The highest BCUT2D eigenvalue weighted by molar-refractivity contribution is 5.83. The Morgan fingerprint density at radius 3 is 2.45 bits per heavy atom. The van der Waals surface area contributed by atoms with Crippen LogP contribution < -0.4 is 15.0 Å². The number of ether oxygens (including phenoxy) is 2. The number of benzene rings is 1. The Morgan fingerprint density at radius 1 is 0.939 bits per heavy atom. The van der Waals surface area contributed by atoms with Crippen LogP contribution in [0.3, 0.4) is 0 Å². The first-order valence-corrected chi connectivity index (χ1v) is 12.3. The van der Waals surface area contributed by atoms with E-state index in [4.69, 9.17) is 9.47 Å². The maximum Gasteiger partial charge on any atom is 0.253 e. The lowest BCUT2D eigenvalue weighted by Crippen LogP contribution is -2.39. The summed E-state index contributed by atoms with van der Waals surface area (Å²) < 4.78 is 13.5. The molecule has 0 unspecified atom stereocenters. The molecule has 6 rings (SSSR count). The minimum atomic E-state index is -0.274. The van der Waals surface area contributed by atoms with Crippen molar-refractivity contribution < 1.29 is 9.47 Å². The molecule has 3 aliphatic rings. The maximum absolute atomic E-state index is 13.4. The second-order valence-corrected chi connectivity index (χ2v) is 9.41. The summed E-state index contributed by atoms with van der Waals surface area (Å²) in [5.41, 5.74) is 1.33. The number of hydrogen-bond acceptors (Lipinski definition) is 7. The highest BCUT2D eigenvalue weighted by Gasteiger charge is 2.33. The van der Waals surface area contributed by atoms with Crippen LogP contribution >= 0.6 is 0 Å². The number of rotatable bonds is 4. The van der Waals surface area contributed by atoms with Crippen molar-refractivity contribution in [1.82, 2.24) is 30.1 Å². The number of tetrazole rings is 1. The van der Waals surface area contributed by atoms with Crippen molar-refractivity contribution in [1.29, 1.82) is 0 Å². The van der Waals surface area contributed by atoms with Crippen molar-refractivity contribution in [3.8, 4) is 11.5 Å². The van der Waals surface area contributed by atoms with E-state index in [-0.39, 0.29) is 11.6 Å². The van der Waals surface area contributed by atoms with Gasteiger partial charge in [0.2, 0.25) is 0 Å². The van der Waals surface area contributed by atoms with Gasteiger partial charge < -0.3 is 14.5 Å². The van der Waals surface area contributed by atoms with E-state index < -0.39 is 0 Å². The van der Waals surface area contributed by atoms with Gasteiger partial charge in [-0.1, -0.05) is 25.7 Å². The fourth-order valence-electron chi connectivity index (χ4n) is 5.60. The van der Waals surface area contributed by atoms with Crippen molar-refractivity contribution in [3.63, 3.8) is 0 Å². The predicted molar refractivity (Wildman–Crippen MR) is 123 cm³/mol. The Labute approximate surface area is 192 Å². The zero-order chi connectivity index (χ0) is 22.2. The predicted octanol–water partition coefficient (Wildman–Crippen LogP) is 3.37. The largest absolute Gasteiger partial charge is 0.486 e. The highest BCUT2D eigenvalue weighted by Crippen LogP contribution is 2.37. The lowest BCUT2D eigenvalue weighted by Gasteiger charge is -2.34. The zero-order valence-corrected chi connectivity index (χ0v) is 18.8. The van der Waals surface area contributed by atoms with Crippen LogP contribution in [0, 0.1) is 0 Å². The molecule has 1 aromatic carbocycles. The molecule has 2 aromatic heterocycles. The molecule has 9 nitrogen and oxygen atoms in total. The molecule has 0 amide bonds. The van der Waals surface area contributed by atoms with E-state index in [1.807, 2.05) is 22.9 Å². The number of nitrogens with zero attached hydrogens (tertiary/aromatic N) is 5. The van der Waals surface area contributed by atoms with E-state index in [9.17, 15) is 4.79 Å². The monoisotopic (exact) mass is 450 g/mol. The number of fused-ring (bicyclic) bond motifs is 2. The van der Waals surface area contributed by atoms with Crippen LogP contribution in [0.4, 0.5) is 0 Å². The molecule has 0 radical (unpaired) electrons. The fourth-order valence-corrected chi connectivity index (χ4v) is 5.60. The third kappa shape index (κ3) is 3.88. The average Bonchev–Trinajstić information content (AvgIpc) is 3.34. The van der Waals surface area contributed by atoms with E-state index in [1.54, 1.807) is 0 Å². The number of aromatic nitrogens is 5. The zero-order valence-electron chi connectivity index (χ0n) is 18.8. The summed E-state index contributed by atoms with van der Waals surface area (Å²) in [6, 6.07) is 5.83. The Kier molecular flexibility index (Phi) is 5.49. The molecule has 1 saturated carbocycles. The van der Waals surface area contributed by atoms with Gasteiger partial charge in [0.05, 0.1) is 11.6 Å². The third-order valence-electron chi connectivity index (χ3n) is 7.27. The summed E-state index contributed by atoms with van der Waals surface area (Å²) in [4.78, 5) is 18.9. The van der Waals surface area contributed by atoms with Crippen molar-refractivity contribution in [3.05, 3.63) is 39.9 Å². The molecule has 4 heterocycles. The van der Waals surface area contributed by atoms with E-state index in [0.717, 1.165) is 55.5 Å². The second kappa shape index (κ2) is 8.78. The molecular formula is C24H30N6O3. The maximum atomic E-state index is 13.4. The van der Waals surface area contributed by atoms with Gasteiger partial charge >= 0.3 is 0 Å². The van der Waals surface area contributed by atoms with Gasteiger partial charge in [0.1, 0.15) is 19.3 Å². The van der Waals surface area contributed by atoms with Crippen molar-refractivity contribution in [2.24, 2.45) is 0 Å². The second-order valence-electron chi connectivity index (χ2n) is 9.41. The van der Waals surface area contributed by atoms with Gasteiger partial charge in [0.15, 0.2) is 17.3 Å². The van der Waals surface area contributed by atoms with Gasteiger partial charge in [-0.15, -0.1) is 5.10 Å². The minimum Gasteiger partial charge on any atom is -0.486 e. The first-order valence-electron chi connectivity index (χ1n) is 12.3. The summed E-state index contributed by atoms with van der Waals surface area (Å²) in [6.45, 7) is 2.91. The molecule has 1 aliphatic carbocycles. The van der Waals surface area contributed by atoms with Crippen LogP contribution in [0.2, 0.25) is 0 Å². The third-order valence-corrected chi connectivity index (χ3v) is 7.27. The molecule has 9 heteroatoms. The van der Waals surface area contributed by atoms with Gasteiger partial charge in [0.25, 0.3) is 5.56 Å². The number of hydrogen-bond donors (Lipinski definition) is 1. The van der Waals surface area contributed by atoms with Gasteiger partial charge in [0, 0.05) is 17.0 Å². The molecule has 1 N–H and O–H groups in total. The average molecular weight is 451 g/mol. The van der Waals surface area contributed by atoms with E-state index in [1.165, 1.54) is 25.7 Å². The first kappa shape index (κ1) is 20.7. The van der Waals surface area contributed by atoms with Crippen molar-refractivity contribution >= 4 is 10.9 Å². The Balaban J connectivity index is 1.47. The van der Waals surface area contributed by atoms with E-state index in [0.29, 0.717) is 36.3 Å². The van der Waals surface area contributed by atoms with Gasteiger partial charge in [-0.25, -0.2) is 4.68 Å². The summed E-state index contributed by atoms with van der Waals surface area (Å²) in [7, 11) is 0. The molecule has 0 bridgehead atoms. The molecule has 2 aliphatic heterocycles. The van der Waals surface area contributed by atoms with Crippen LogP contribution in [0.25, 0.3) is 10.9 Å². The number of likely N-dealkylation sites (tertiary alicyclic amines) is 1. The van der Waals surface area contributed by atoms with Gasteiger partial charge in [-0.3, -0.25) is 9.69 Å². The smallest absolute Gasteiger partial charge is 0.253 e. The van der Waals surface area contributed by atoms with Crippen LogP contribution in [0.5, 0.6) is 11.5 Å². The molecule has 1 atom stereocenters. The van der Waals surface area contributed by atoms with Gasteiger partial charge in [-0.05, 0) is 61.3 Å². The SMILES string of the molecule is O=c1[nH]c2cc3c(cc2cc1[C@@H](c1nnnn1C1CCCCC1)N1CCCCC1)OCCO3. The topological polar surface area (TPSA) is 98.2 Å². The van der Waals surface area contributed by atoms with Gasteiger partial charge in [-0.2, -0.15) is 0 Å². The number of pyridine rings is 1. The summed E-state index contributed by atoms with van der Waals surface area (Å²) >= 11 is 0. The first-order chi connectivity index (χ1) is 16.3. The van der Waals surface area contributed by atoms with E-state index >= 15 is 0 Å². The normalized spacial score (nSPS) is 20.7.